The SMILES string of the molecule is CCCn1c(C)cc(/C=C(\C#N)C(=O)OCC(=O)N(C)Cc2ccc(F)cc2)c1C. The molecule has 0 unspecified atom stereocenters. The zero-order valence-corrected chi connectivity index (χ0v) is 17.7. The van der Waals surface area contributed by atoms with Crippen LogP contribution in [0.1, 0.15) is 35.9 Å². The van der Waals surface area contributed by atoms with Crippen LogP contribution in [-0.2, 0) is 27.4 Å². The van der Waals surface area contributed by atoms with Gasteiger partial charge in [0.25, 0.3) is 5.91 Å². The second-order valence-electron chi connectivity index (χ2n) is 7.10. The van der Waals surface area contributed by atoms with Gasteiger partial charge in [-0.25, -0.2) is 9.18 Å². The number of halogens is 1. The van der Waals surface area contributed by atoms with Crippen LogP contribution in [0.2, 0.25) is 0 Å². The van der Waals surface area contributed by atoms with Crippen LogP contribution in [0, 0.1) is 31.0 Å². The van der Waals surface area contributed by atoms with Crippen LogP contribution < -0.4 is 0 Å². The van der Waals surface area contributed by atoms with Crippen LogP contribution in [0.5, 0.6) is 0 Å². The van der Waals surface area contributed by atoms with Gasteiger partial charge >= 0.3 is 5.97 Å². The van der Waals surface area contributed by atoms with Gasteiger partial charge in [0.05, 0.1) is 0 Å². The van der Waals surface area contributed by atoms with Crippen molar-refractivity contribution in [1.82, 2.24) is 9.47 Å². The third kappa shape index (κ3) is 5.80. The zero-order valence-electron chi connectivity index (χ0n) is 17.7. The number of ether oxygens (including phenoxy) is 1. The average Bonchev–Trinajstić information content (AvgIpc) is 2.99. The van der Waals surface area contributed by atoms with Gasteiger partial charge < -0.3 is 14.2 Å². The van der Waals surface area contributed by atoms with E-state index < -0.39 is 18.5 Å². The van der Waals surface area contributed by atoms with Gasteiger partial charge in [-0.3, -0.25) is 4.79 Å². The first kappa shape index (κ1) is 22.9. The third-order valence-corrected chi connectivity index (χ3v) is 4.79. The number of nitriles is 1. The van der Waals surface area contributed by atoms with Gasteiger partial charge in [0.1, 0.15) is 17.5 Å². The summed E-state index contributed by atoms with van der Waals surface area (Å²) in [7, 11) is 1.56. The Labute approximate surface area is 176 Å². The Bertz CT molecular complexity index is 984. The van der Waals surface area contributed by atoms with E-state index in [1.165, 1.54) is 23.1 Å². The Balaban J connectivity index is 2.00. The predicted molar refractivity (Wildman–Crippen MR) is 112 cm³/mol. The summed E-state index contributed by atoms with van der Waals surface area (Å²) in [6.07, 6.45) is 2.46. The smallest absolute Gasteiger partial charge is 0.349 e. The molecule has 0 saturated carbocycles. The van der Waals surface area contributed by atoms with Crippen LogP contribution in [0.25, 0.3) is 6.08 Å². The number of benzene rings is 1. The summed E-state index contributed by atoms with van der Waals surface area (Å²) < 4.78 is 20.1. The molecule has 1 amide bonds. The standard InChI is InChI=1S/C23H26FN3O3/c1-5-10-27-16(2)11-19(17(27)3)12-20(13-25)23(29)30-15-22(28)26(4)14-18-6-8-21(24)9-7-18/h6-9,11-12H,5,10,14-15H2,1-4H3/b20-12+. The van der Waals surface area contributed by atoms with E-state index in [9.17, 15) is 19.2 Å². The van der Waals surface area contributed by atoms with Gasteiger partial charge in [0, 0.05) is 31.5 Å². The predicted octanol–water partition coefficient (Wildman–Crippen LogP) is 3.76. The Morgan fingerprint density at radius 3 is 2.53 bits per heavy atom. The lowest BCUT2D eigenvalue weighted by molar-refractivity contribution is -0.148. The summed E-state index contributed by atoms with van der Waals surface area (Å²) >= 11 is 0. The number of amides is 1. The lowest BCUT2D eigenvalue weighted by Gasteiger charge is -2.17. The van der Waals surface area contributed by atoms with E-state index in [0.29, 0.717) is 0 Å². The van der Waals surface area contributed by atoms with Crippen molar-refractivity contribution in [2.75, 3.05) is 13.7 Å². The molecular weight excluding hydrogens is 385 g/mol. The highest BCUT2D eigenvalue weighted by molar-refractivity contribution is 5.99. The molecule has 7 heteroatoms. The summed E-state index contributed by atoms with van der Waals surface area (Å²) in [6.45, 7) is 6.61. The van der Waals surface area contributed by atoms with E-state index in [1.807, 2.05) is 26.0 Å². The molecule has 0 fully saturated rings. The first-order valence-electron chi connectivity index (χ1n) is 9.70. The highest BCUT2D eigenvalue weighted by Gasteiger charge is 2.17. The van der Waals surface area contributed by atoms with Crippen molar-refractivity contribution in [3.63, 3.8) is 0 Å². The van der Waals surface area contributed by atoms with Gasteiger partial charge in [0.2, 0.25) is 0 Å². The van der Waals surface area contributed by atoms with E-state index >= 15 is 0 Å². The van der Waals surface area contributed by atoms with E-state index in [-0.39, 0.29) is 17.9 Å². The van der Waals surface area contributed by atoms with E-state index in [2.05, 4.69) is 11.5 Å². The van der Waals surface area contributed by atoms with Crippen molar-refractivity contribution in [3.8, 4) is 6.07 Å². The van der Waals surface area contributed by atoms with Crippen LogP contribution >= 0.6 is 0 Å². The number of aromatic nitrogens is 1. The summed E-state index contributed by atoms with van der Waals surface area (Å²) in [4.78, 5) is 25.9. The second kappa shape index (κ2) is 10.4. The molecule has 0 bridgehead atoms. The Morgan fingerprint density at radius 2 is 1.93 bits per heavy atom. The van der Waals surface area contributed by atoms with Crippen LogP contribution in [0.3, 0.4) is 0 Å². The second-order valence-corrected chi connectivity index (χ2v) is 7.10. The number of likely N-dealkylation sites (N-methyl/N-ethyl adjacent to an activating group) is 1. The maximum Gasteiger partial charge on any atom is 0.349 e. The molecule has 6 nitrogen and oxygen atoms in total. The van der Waals surface area contributed by atoms with Crippen molar-refractivity contribution in [1.29, 1.82) is 5.26 Å². The molecule has 0 N–H and O–H groups in total. The minimum absolute atomic E-state index is 0.166. The molecule has 1 aromatic carbocycles. The number of aryl methyl sites for hydroxylation is 1. The largest absolute Gasteiger partial charge is 0.451 e. The highest BCUT2D eigenvalue weighted by atomic mass is 19.1. The molecule has 30 heavy (non-hydrogen) atoms. The number of nitrogens with zero attached hydrogens (tertiary/aromatic N) is 3. The van der Waals surface area contributed by atoms with Gasteiger partial charge in [0.15, 0.2) is 6.61 Å². The summed E-state index contributed by atoms with van der Waals surface area (Å²) in [5.74, 6) is -1.62. The summed E-state index contributed by atoms with van der Waals surface area (Å²) in [5, 5.41) is 9.37. The average molecular weight is 411 g/mol. The minimum Gasteiger partial charge on any atom is -0.451 e. The molecule has 0 radical (unpaired) electrons. The number of rotatable bonds is 8. The minimum atomic E-state index is -0.846. The lowest BCUT2D eigenvalue weighted by atomic mass is 10.1. The van der Waals surface area contributed by atoms with Gasteiger partial charge in [-0.05, 0) is 55.7 Å². The van der Waals surface area contributed by atoms with Gasteiger partial charge in [-0.1, -0.05) is 19.1 Å². The fraction of sp³-hybridized carbons (Fsp3) is 0.348. The summed E-state index contributed by atoms with van der Waals surface area (Å²) in [5.41, 5.74) is 3.36. The third-order valence-electron chi connectivity index (χ3n) is 4.79. The van der Waals surface area contributed by atoms with E-state index in [1.54, 1.807) is 19.2 Å². The van der Waals surface area contributed by atoms with Crippen molar-refractivity contribution >= 4 is 18.0 Å². The van der Waals surface area contributed by atoms with Crippen molar-refractivity contribution < 1.29 is 18.7 Å². The highest BCUT2D eigenvalue weighted by Crippen LogP contribution is 2.19. The topological polar surface area (TPSA) is 75.3 Å². The van der Waals surface area contributed by atoms with Crippen molar-refractivity contribution in [2.45, 2.75) is 40.3 Å². The lowest BCUT2D eigenvalue weighted by Crippen LogP contribution is -2.31. The molecule has 0 aliphatic rings. The fourth-order valence-electron chi connectivity index (χ4n) is 3.10. The van der Waals surface area contributed by atoms with E-state index in [4.69, 9.17) is 4.74 Å². The zero-order chi connectivity index (χ0) is 22.3. The van der Waals surface area contributed by atoms with Crippen LogP contribution in [0.15, 0.2) is 35.9 Å². The maximum absolute atomic E-state index is 13.0. The molecule has 0 atom stereocenters. The number of hydrogen-bond acceptors (Lipinski definition) is 4. The molecule has 2 rings (SSSR count). The van der Waals surface area contributed by atoms with Crippen LogP contribution in [0.4, 0.5) is 4.39 Å². The molecule has 0 spiro atoms. The van der Waals surface area contributed by atoms with Crippen molar-refractivity contribution in [2.24, 2.45) is 0 Å². The fourth-order valence-corrected chi connectivity index (χ4v) is 3.10. The molecule has 0 aliphatic carbocycles. The Hall–Kier alpha value is -3.40. The quantitative estimate of drug-likeness (QED) is 0.377. The number of carbonyl (C=O) groups is 2. The van der Waals surface area contributed by atoms with Gasteiger partial charge in [-0.2, -0.15) is 5.26 Å². The maximum atomic E-state index is 13.0. The number of carbonyl (C=O) groups excluding carboxylic acids is 2. The van der Waals surface area contributed by atoms with Gasteiger partial charge in [-0.15, -0.1) is 0 Å². The normalized spacial score (nSPS) is 11.1. The Morgan fingerprint density at radius 1 is 1.27 bits per heavy atom. The number of esters is 1. The first-order chi connectivity index (χ1) is 14.3. The van der Waals surface area contributed by atoms with Crippen LogP contribution in [-0.4, -0.2) is 35.0 Å². The monoisotopic (exact) mass is 411 g/mol. The number of hydrogen-bond donors (Lipinski definition) is 0. The first-order valence-corrected chi connectivity index (χ1v) is 9.70. The van der Waals surface area contributed by atoms with Crippen molar-refractivity contribution in [3.05, 3.63) is 64.2 Å². The molecule has 0 saturated heterocycles. The molecule has 1 aromatic heterocycles. The van der Waals surface area contributed by atoms with E-state index in [0.717, 1.165) is 35.5 Å². The Kier molecular flexibility index (Phi) is 7.93. The molecule has 2 aromatic rings. The summed E-state index contributed by atoms with van der Waals surface area (Å²) in [6, 6.07) is 9.56. The molecule has 158 valence electrons. The molecular formula is C23H26FN3O3. The molecule has 1 heterocycles. The molecule has 0 aliphatic heterocycles.